The van der Waals surface area contributed by atoms with Crippen molar-refractivity contribution in [3.8, 4) is 5.75 Å². The topological polar surface area (TPSA) is 76.7 Å². The Morgan fingerprint density at radius 3 is 2.80 bits per heavy atom. The van der Waals surface area contributed by atoms with Crippen molar-refractivity contribution in [2.75, 3.05) is 32.2 Å². The minimum Gasteiger partial charge on any atom is -0.497 e. The Hall–Kier alpha value is -2.93. The largest absolute Gasteiger partial charge is 0.497 e. The van der Waals surface area contributed by atoms with Crippen molar-refractivity contribution < 1.29 is 23.5 Å². The fraction of sp³-hybridized carbons (Fsp3) is 0.391. The summed E-state index contributed by atoms with van der Waals surface area (Å²) in [5.74, 6) is -0.264. The predicted octanol–water partition coefficient (Wildman–Crippen LogP) is 3.12. The summed E-state index contributed by atoms with van der Waals surface area (Å²) < 4.78 is 24.6. The molecule has 158 valence electrons. The second-order valence-corrected chi connectivity index (χ2v) is 7.74. The first-order chi connectivity index (χ1) is 14.5. The highest BCUT2D eigenvalue weighted by Crippen LogP contribution is 2.38. The molecule has 7 heteroatoms. The molecule has 0 bridgehead atoms. The molecule has 2 heterocycles. The highest BCUT2D eigenvalue weighted by atomic mass is 19.1. The van der Waals surface area contributed by atoms with E-state index in [2.05, 4.69) is 10.6 Å². The summed E-state index contributed by atoms with van der Waals surface area (Å²) in [5, 5.41) is 5.86. The molecule has 2 aromatic rings. The van der Waals surface area contributed by atoms with Crippen LogP contribution in [0.1, 0.15) is 36.3 Å². The van der Waals surface area contributed by atoms with Crippen LogP contribution < -0.4 is 15.4 Å². The molecule has 1 fully saturated rings. The molecule has 1 saturated heterocycles. The van der Waals surface area contributed by atoms with Gasteiger partial charge >= 0.3 is 0 Å². The van der Waals surface area contributed by atoms with Crippen LogP contribution in [0.5, 0.6) is 5.75 Å². The average molecular weight is 412 g/mol. The number of carbonyl (C=O) groups is 2. The van der Waals surface area contributed by atoms with Crippen molar-refractivity contribution in [2.24, 2.45) is 0 Å². The number of hydrogen-bond acceptors (Lipinski definition) is 4. The van der Waals surface area contributed by atoms with Gasteiger partial charge in [0.05, 0.1) is 18.4 Å². The van der Waals surface area contributed by atoms with Gasteiger partial charge in [-0.25, -0.2) is 4.39 Å². The van der Waals surface area contributed by atoms with Crippen LogP contribution in [0.25, 0.3) is 0 Å². The van der Waals surface area contributed by atoms with Gasteiger partial charge in [0.15, 0.2) is 0 Å². The van der Waals surface area contributed by atoms with Crippen molar-refractivity contribution in [1.82, 2.24) is 5.32 Å². The lowest BCUT2D eigenvalue weighted by atomic mass is 9.73. The first-order valence-electron chi connectivity index (χ1n) is 10.1. The summed E-state index contributed by atoms with van der Waals surface area (Å²) in [6.45, 7) is 1.23. The highest BCUT2D eigenvalue weighted by Gasteiger charge is 2.42. The number of nitrogens with one attached hydrogen (secondary N) is 2. The van der Waals surface area contributed by atoms with Crippen LogP contribution in [-0.4, -0.2) is 38.7 Å². The van der Waals surface area contributed by atoms with Crippen molar-refractivity contribution in [3.05, 3.63) is 59.4 Å². The number of hydrogen-bond donors (Lipinski definition) is 2. The van der Waals surface area contributed by atoms with Crippen molar-refractivity contribution in [1.29, 1.82) is 0 Å². The molecule has 4 rings (SSSR count). The molecule has 0 spiro atoms. The van der Waals surface area contributed by atoms with Crippen molar-refractivity contribution >= 4 is 17.5 Å². The summed E-state index contributed by atoms with van der Waals surface area (Å²) in [6, 6.07) is 11.7. The molecule has 0 unspecified atom stereocenters. The van der Waals surface area contributed by atoms with Gasteiger partial charge in [-0.15, -0.1) is 0 Å². The van der Waals surface area contributed by atoms with Gasteiger partial charge in [0.2, 0.25) is 11.8 Å². The number of amides is 2. The summed E-state index contributed by atoms with van der Waals surface area (Å²) in [6.07, 6.45) is 1.45. The van der Waals surface area contributed by atoms with E-state index in [1.807, 2.05) is 12.1 Å². The van der Waals surface area contributed by atoms with Gasteiger partial charge in [-0.3, -0.25) is 9.59 Å². The molecule has 0 aromatic heterocycles. The zero-order chi connectivity index (χ0) is 21.1. The van der Waals surface area contributed by atoms with Gasteiger partial charge < -0.3 is 20.1 Å². The van der Waals surface area contributed by atoms with E-state index in [9.17, 15) is 14.0 Å². The van der Waals surface area contributed by atoms with Crippen molar-refractivity contribution in [2.45, 2.75) is 30.6 Å². The smallest absolute Gasteiger partial charge is 0.232 e. The molecule has 2 aliphatic rings. The Kier molecular flexibility index (Phi) is 5.72. The summed E-state index contributed by atoms with van der Waals surface area (Å²) in [7, 11) is 1.58. The number of benzene rings is 2. The maximum Gasteiger partial charge on any atom is 0.232 e. The van der Waals surface area contributed by atoms with E-state index in [-0.39, 0.29) is 23.5 Å². The molecule has 2 aromatic carbocycles. The van der Waals surface area contributed by atoms with Crippen LogP contribution in [0, 0.1) is 5.82 Å². The quantitative estimate of drug-likeness (QED) is 0.764. The molecule has 0 radical (unpaired) electrons. The number of rotatable bonds is 6. The fourth-order valence-electron chi connectivity index (χ4n) is 4.37. The third-order valence-electron chi connectivity index (χ3n) is 6.09. The van der Waals surface area contributed by atoms with E-state index in [1.54, 1.807) is 25.3 Å². The Balaban J connectivity index is 1.47. The number of anilines is 1. The lowest BCUT2D eigenvalue weighted by Crippen LogP contribution is -2.48. The monoisotopic (exact) mass is 412 g/mol. The zero-order valence-electron chi connectivity index (χ0n) is 16.9. The highest BCUT2D eigenvalue weighted by molar-refractivity contribution is 6.03. The first kappa shape index (κ1) is 20.3. The summed E-state index contributed by atoms with van der Waals surface area (Å²) in [4.78, 5) is 25.6. The number of carbonyl (C=O) groups excluding carboxylic acids is 2. The second-order valence-electron chi connectivity index (χ2n) is 7.74. The standard InChI is InChI=1S/C23H25FN2O4/c1-29-17-5-6-20-19(14-17)18(21(27)26-20)7-10-25-22(28)23(8-11-30-12-9-23)15-3-2-4-16(24)13-15/h2-6,13-14,18H,7-12H2,1H3,(H,25,28)(H,26,27)/t18-/m1/s1. The average Bonchev–Trinajstić information content (AvgIpc) is 3.08. The summed E-state index contributed by atoms with van der Waals surface area (Å²) in [5.41, 5.74) is 1.49. The van der Waals surface area contributed by atoms with E-state index in [4.69, 9.17) is 9.47 Å². The van der Waals surface area contributed by atoms with E-state index in [0.717, 1.165) is 11.3 Å². The van der Waals surface area contributed by atoms with Gasteiger partial charge in [0.25, 0.3) is 0 Å². The molecular formula is C23H25FN2O4. The van der Waals surface area contributed by atoms with Crippen molar-refractivity contribution in [3.63, 3.8) is 0 Å². The Labute approximate surface area is 174 Å². The molecule has 0 saturated carbocycles. The fourth-order valence-corrected chi connectivity index (χ4v) is 4.37. The van der Waals surface area contributed by atoms with Crippen LogP contribution in [0.2, 0.25) is 0 Å². The second kappa shape index (κ2) is 8.44. The van der Waals surface area contributed by atoms with E-state index < -0.39 is 5.41 Å². The lowest BCUT2D eigenvalue weighted by Gasteiger charge is -2.36. The Morgan fingerprint density at radius 2 is 2.07 bits per heavy atom. The third-order valence-corrected chi connectivity index (χ3v) is 6.09. The van der Waals surface area contributed by atoms with Gasteiger partial charge in [-0.1, -0.05) is 12.1 Å². The number of methoxy groups -OCH3 is 1. The molecule has 1 atom stereocenters. The lowest BCUT2D eigenvalue weighted by molar-refractivity contribution is -0.130. The van der Waals surface area contributed by atoms with Crippen LogP contribution in [0.4, 0.5) is 10.1 Å². The first-order valence-corrected chi connectivity index (χ1v) is 10.1. The van der Waals surface area contributed by atoms with Gasteiger partial charge in [0.1, 0.15) is 11.6 Å². The maximum atomic E-state index is 13.8. The maximum absolute atomic E-state index is 13.8. The van der Waals surface area contributed by atoms with Gasteiger partial charge in [0, 0.05) is 25.4 Å². The van der Waals surface area contributed by atoms with Crippen LogP contribution in [0.3, 0.4) is 0 Å². The Morgan fingerprint density at radius 1 is 1.27 bits per heavy atom. The van der Waals surface area contributed by atoms with E-state index in [1.165, 1.54) is 12.1 Å². The van der Waals surface area contributed by atoms with Crippen LogP contribution >= 0.6 is 0 Å². The molecule has 2 amide bonds. The normalized spacial score (nSPS) is 19.7. The van der Waals surface area contributed by atoms with Gasteiger partial charge in [-0.2, -0.15) is 0 Å². The molecule has 2 N–H and O–H groups in total. The molecule has 30 heavy (non-hydrogen) atoms. The molecule has 6 nitrogen and oxygen atoms in total. The Bertz CT molecular complexity index is 956. The number of ether oxygens (including phenoxy) is 2. The number of fused-ring (bicyclic) bond motifs is 1. The van der Waals surface area contributed by atoms with Gasteiger partial charge in [-0.05, 0) is 60.7 Å². The minimum atomic E-state index is -0.820. The predicted molar refractivity (Wildman–Crippen MR) is 110 cm³/mol. The summed E-state index contributed by atoms with van der Waals surface area (Å²) >= 11 is 0. The van der Waals surface area contributed by atoms with E-state index >= 15 is 0 Å². The number of halogens is 1. The van der Waals surface area contributed by atoms with E-state index in [0.29, 0.717) is 50.3 Å². The molecular weight excluding hydrogens is 387 g/mol. The van der Waals surface area contributed by atoms with Crippen LogP contribution in [-0.2, 0) is 19.7 Å². The molecule has 0 aliphatic carbocycles. The molecule has 2 aliphatic heterocycles. The SMILES string of the molecule is COc1ccc2c(c1)[C@@H](CCNC(=O)C1(c3cccc(F)c3)CCOCC1)C(=O)N2. The van der Waals surface area contributed by atoms with Crippen LogP contribution in [0.15, 0.2) is 42.5 Å². The zero-order valence-corrected chi connectivity index (χ0v) is 16.9. The third kappa shape index (κ3) is 3.77. The minimum absolute atomic E-state index is 0.0848.